The lowest BCUT2D eigenvalue weighted by Gasteiger charge is -2.31. The maximum absolute atomic E-state index is 13.4. The number of nitrogens with one attached hydrogen (secondary N) is 1. The van der Waals surface area contributed by atoms with Gasteiger partial charge in [-0.1, -0.05) is 83.3 Å². The second-order valence-corrected chi connectivity index (χ2v) is 8.81. The van der Waals surface area contributed by atoms with E-state index in [1.165, 1.54) is 4.90 Å². The zero-order valence-electron chi connectivity index (χ0n) is 18.6. The van der Waals surface area contributed by atoms with Gasteiger partial charge in [-0.05, 0) is 42.3 Å². The van der Waals surface area contributed by atoms with Crippen LogP contribution in [-0.2, 0) is 22.6 Å². The Morgan fingerprint density at radius 3 is 2.26 bits per heavy atom. The zero-order valence-corrected chi connectivity index (χ0v) is 20.9. The first-order valence-corrected chi connectivity index (χ1v) is 11.9. The summed E-state index contributed by atoms with van der Waals surface area (Å²) in [6.07, 6.45) is 0.339. The summed E-state index contributed by atoms with van der Waals surface area (Å²) in [5.41, 5.74) is 1.67. The van der Waals surface area contributed by atoms with Crippen molar-refractivity contribution in [3.63, 3.8) is 0 Å². The van der Waals surface area contributed by atoms with Crippen molar-refractivity contribution in [3.8, 4) is 5.75 Å². The smallest absolute Gasteiger partial charge is 0.261 e. The highest BCUT2D eigenvalue weighted by molar-refractivity contribution is 6.42. The van der Waals surface area contributed by atoms with Crippen molar-refractivity contribution in [3.05, 3.63) is 99.0 Å². The summed E-state index contributed by atoms with van der Waals surface area (Å²) in [7, 11) is 0. The quantitative estimate of drug-likeness (QED) is 0.368. The molecule has 0 aliphatic heterocycles. The maximum atomic E-state index is 13.4. The largest absolute Gasteiger partial charge is 0.482 e. The average Bonchev–Trinajstić information content (AvgIpc) is 2.83. The second kappa shape index (κ2) is 12.7. The van der Waals surface area contributed by atoms with Crippen LogP contribution in [0.3, 0.4) is 0 Å². The first-order chi connectivity index (χ1) is 16.4. The Hall–Kier alpha value is -2.73. The molecule has 0 aliphatic rings. The third kappa shape index (κ3) is 7.13. The van der Waals surface area contributed by atoms with Crippen LogP contribution < -0.4 is 10.1 Å². The molecule has 0 fully saturated rings. The van der Waals surface area contributed by atoms with E-state index in [4.69, 9.17) is 39.5 Å². The highest BCUT2D eigenvalue weighted by atomic mass is 35.5. The molecule has 0 heterocycles. The number of ether oxygens (including phenoxy) is 1. The van der Waals surface area contributed by atoms with Gasteiger partial charge in [0.2, 0.25) is 5.91 Å². The number of amides is 2. The van der Waals surface area contributed by atoms with E-state index >= 15 is 0 Å². The molecule has 0 aromatic heterocycles. The van der Waals surface area contributed by atoms with Crippen molar-refractivity contribution < 1.29 is 14.3 Å². The minimum absolute atomic E-state index is 0.149. The summed E-state index contributed by atoms with van der Waals surface area (Å²) < 4.78 is 5.70. The Labute approximate surface area is 214 Å². The van der Waals surface area contributed by atoms with Crippen molar-refractivity contribution in [1.82, 2.24) is 10.2 Å². The van der Waals surface area contributed by atoms with Gasteiger partial charge < -0.3 is 15.0 Å². The molecule has 5 nitrogen and oxygen atoms in total. The third-order valence-electron chi connectivity index (χ3n) is 5.15. The molecule has 3 aromatic carbocycles. The molecule has 0 saturated carbocycles. The number of hydrogen-bond acceptors (Lipinski definition) is 3. The molecular formula is C26H25Cl3N2O3. The highest BCUT2D eigenvalue weighted by Crippen LogP contribution is 2.25. The number of likely N-dealkylation sites (N-methyl/N-ethyl adjacent to an activating group) is 1. The molecule has 0 saturated heterocycles. The minimum atomic E-state index is -0.765. The molecule has 3 rings (SSSR count). The highest BCUT2D eigenvalue weighted by Gasteiger charge is 2.30. The lowest BCUT2D eigenvalue weighted by atomic mass is 10.0. The zero-order chi connectivity index (χ0) is 24.5. The van der Waals surface area contributed by atoms with Gasteiger partial charge in [0.15, 0.2) is 6.61 Å². The normalized spacial score (nSPS) is 11.5. The van der Waals surface area contributed by atoms with Gasteiger partial charge in [-0.15, -0.1) is 0 Å². The van der Waals surface area contributed by atoms with Crippen LogP contribution in [0.5, 0.6) is 5.75 Å². The van der Waals surface area contributed by atoms with Crippen molar-refractivity contribution in [1.29, 1.82) is 0 Å². The standard InChI is InChI=1S/C26H25Cl3N2O3/c1-2-30-26(33)23(15-18-8-4-3-5-9-18)31(16-19-12-13-20(27)22(29)14-19)25(32)17-34-24-11-7-6-10-21(24)28/h3-14,23H,2,15-17H2,1H3,(H,30,33)/t23-/m0/s1. The molecule has 1 atom stereocenters. The number of para-hydroxylation sites is 1. The fourth-order valence-electron chi connectivity index (χ4n) is 3.46. The summed E-state index contributed by atoms with van der Waals surface area (Å²) in [6, 6.07) is 20.8. The van der Waals surface area contributed by atoms with E-state index in [0.29, 0.717) is 33.8 Å². The Bertz CT molecular complexity index is 1130. The van der Waals surface area contributed by atoms with E-state index in [1.54, 1.807) is 42.5 Å². The molecule has 0 spiro atoms. The predicted molar refractivity (Wildman–Crippen MR) is 137 cm³/mol. The summed E-state index contributed by atoms with van der Waals surface area (Å²) in [5, 5.41) is 4.03. The van der Waals surface area contributed by atoms with Gasteiger partial charge in [0, 0.05) is 19.5 Å². The van der Waals surface area contributed by atoms with Crippen molar-refractivity contribution in [2.75, 3.05) is 13.2 Å². The summed E-state index contributed by atoms with van der Waals surface area (Å²) >= 11 is 18.4. The Morgan fingerprint density at radius 1 is 0.882 bits per heavy atom. The summed E-state index contributed by atoms with van der Waals surface area (Å²) in [4.78, 5) is 28.1. The van der Waals surface area contributed by atoms with Crippen LogP contribution in [0.15, 0.2) is 72.8 Å². The third-order valence-corrected chi connectivity index (χ3v) is 6.20. The Morgan fingerprint density at radius 2 is 1.59 bits per heavy atom. The predicted octanol–water partition coefficient (Wildman–Crippen LogP) is 5.80. The van der Waals surface area contributed by atoms with Crippen LogP contribution in [0, 0.1) is 0 Å². The monoisotopic (exact) mass is 518 g/mol. The number of benzene rings is 3. The van der Waals surface area contributed by atoms with E-state index in [0.717, 1.165) is 11.1 Å². The first-order valence-electron chi connectivity index (χ1n) is 10.8. The molecule has 3 aromatic rings. The number of rotatable bonds is 10. The van der Waals surface area contributed by atoms with Crippen LogP contribution in [0.1, 0.15) is 18.1 Å². The molecule has 0 unspecified atom stereocenters. The van der Waals surface area contributed by atoms with Gasteiger partial charge in [0.05, 0.1) is 15.1 Å². The van der Waals surface area contributed by atoms with Gasteiger partial charge >= 0.3 is 0 Å². The SMILES string of the molecule is CCNC(=O)[C@H](Cc1ccccc1)N(Cc1ccc(Cl)c(Cl)c1)C(=O)COc1ccccc1Cl. The van der Waals surface area contributed by atoms with E-state index in [2.05, 4.69) is 5.32 Å². The van der Waals surface area contributed by atoms with Crippen LogP contribution in [0.25, 0.3) is 0 Å². The molecule has 2 amide bonds. The summed E-state index contributed by atoms with van der Waals surface area (Å²) in [5.74, 6) is -0.222. The van der Waals surface area contributed by atoms with Crippen LogP contribution in [-0.4, -0.2) is 35.9 Å². The topological polar surface area (TPSA) is 58.6 Å². The average molecular weight is 520 g/mol. The number of carbonyl (C=O) groups is 2. The van der Waals surface area contributed by atoms with Gasteiger partial charge in [-0.2, -0.15) is 0 Å². The molecule has 1 N–H and O–H groups in total. The fourth-order valence-corrected chi connectivity index (χ4v) is 3.98. The number of carbonyl (C=O) groups excluding carboxylic acids is 2. The minimum Gasteiger partial charge on any atom is -0.482 e. The van der Waals surface area contributed by atoms with Crippen LogP contribution in [0.2, 0.25) is 15.1 Å². The van der Waals surface area contributed by atoms with E-state index in [-0.39, 0.29) is 25.0 Å². The van der Waals surface area contributed by atoms with Gasteiger partial charge in [0.1, 0.15) is 11.8 Å². The van der Waals surface area contributed by atoms with Gasteiger partial charge in [-0.25, -0.2) is 0 Å². The van der Waals surface area contributed by atoms with Crippen LogP contribution in [0.4, 0.5) is 0 Å². The van der Waals surface area contributed by atoms with E-state index in [1.807, 2.05) is 37.3 Å². The van der Waals surface area contributed by atoms with E-state index < -0.39 is 6.04 Å². The molecule has 0 radical (unpaired) electrons. The molecule has 0 bridgehead atoms. The van der Waals surface area contributed by atoms with Crippen molar-refractivity contribution >= 4 is 46.6 Å². The fraction of sp³-hybridized carbons (Fsp3) is 0.231. The maximum Gasteiger partial charge on any atom is 0.261 e. The number of nitrogens with zero attached hydrogens (tertiary/aromatic N) is 1. The molecule has 8 heteroatoms. The van der Waals surface area contributed by atoms with Gasteiger partial charge in [0.25, 0.3) is 5.91 Å². The Kier molecular flexibility index (Phi) is 9.63. The molecule has 34 heavy (non-hydrogen) atoms. The molecule has 178 valence electrons. The lowest BCUT2D eigenvalue weighted by molar-refractivity contribution is -0.142. The van der Waals surface area contributed by atoms with Crippen molar-refractivity contribution in [2.24, 2.45) is 0 Å². The molecule has 0 aliphatic carbocycles. The number of hydrogen-bond donors (Lipinski definition) is 1. The van der Waals surface area contributed by atoms with Gasteiger partial charge in [-0.3, -0.25) is 9.59 Å². The second-order valence-electron chi connectivity index (χ2n) is 7.59. The summed E-state index contributed by atoms with van der Waals surface area (Å²) in [6.45, 7) is 2.14. The first kappa shape index (κ1) is 25.9. The van der Waals surface area contributed by atoms with Crippen molar-refractivity contribution in [2.45, 2.75) is 25.9 Å². The Balaban J connectivity index is 1.92. The lowest BCUT2D eigenvalue weighted by Crippen LogP contribution is -2.51. The van der Waals surface area contributed by atoms with E-state index in [9.17, 15) is 9.59 Å². The van der Waals surface area contributed by atoms with Crippen LogP contribution >= 0.6 is 34.8 Å². The molecular weight excluding hydrogens is 495 g/mol. The number of halogens is 3.